The Balaban J connectivity index is 2.05. The van der Waals surface area contributed by atoms with Gasteiger partial charge in [0.25, 0.3) is 0 Å². The molecular weight excluding hydrogens is 412 g/mol. The molecule has 0 saturated heterocycles. The first-order chi connectivity index (χ1) is 14.0. The van der Waals surface area contributed by atoms with Gasteiger partial charge in [-0.3, -0.25) is 14.8 Å². The Labute approximate surface area is 174 Å². The molecule has 0 aromatic heterocycles. The van der Waals surface area contributed by atoms with Crippen molar-refractivity contribution < 1.29 is 22.0 Å². The van der Waals surface area contributed by atoms with Crippen LogP contribution in [0, 0.1) is 34.3 Å². The number of nitriles is 1. The molecule has 0 saturated carbocycles. The highest BCUT2D eigenvalue weighted by Crippen LogP contribution is 2.50. The maximum atomic E-state index is 15.1. The van der Waals surface area contributed by atoms with Crippen molar-refractivity contribution in [1.29, 1.82) is 5.26 Å². The van der Waals surface area contributed by atoms with Crippen LogP contribution in [0.5, 0.6) is 0 Å². The number of allylic oxidation sites excluding steroid dienone is 1. The standard InChI is InChI=1S/C21H21F2N3O3S/c1-4-7-30(28,29)12-14-5-6-16(22)17(18(14)23)19(27)15-11-26-21(3)20(15,2)8-13(9-24)10-25-21/h5-6,8,10-11,15H,4,7,12H2,1-3H3. The Morgan fingerprint density at radius 1 is 1.27 bits per heavy atom. The van der Waals surface area contributed by atoms with Crippen molar-refractivity contribution in [3.63, 3.8) is 0 Å². The summed E-state index contributed by atoms with van der Waals surface area (Å²) in [5, 5.41) is 9.22. The SMILES string of the molecule is CCCS(=O)(=O)Cc1ccc(F)c(C(=O)C2C=NC3(C)N=CC(C#N)=CC23C)c1F. The van der Waals surface area contributed by atoms with E-state index in [4.69, 9.17) is 0 Å². The van der Waals surface area contributed by atoms with E-state index in [1.807, 2.05) is 6.07 Å². The molecule has 0 fully saturated rings. The van der Waals surface area contributed by atoms with Crippen molar-refractivity contribution in [1.82, 2.24) is 0 Å². The predicted molar refractivity (Wildman–Crippen MR) is 109 cm³/mol. The third-order valence-corrected chi connectivity index (χ3v) is 7.55. The van der Waals surface area contributed by atoms with E-state index in [9.17, 15) is 22.9 Å². The molecule has 0 aliphatic carbocycles. The lowest BCUT2D eigenvalue weighted by Crippen LogP contribution is -2.45. The highest BCUT2D eigenvalue weighted by atomic mass is 32.2. The number of ketones is 1. The van der Waals surface area contributed by atoms with Crippen LogP contribution in [-0.2, 0) is 15.6 Å². The second kappa shape index (κ2) is 7.51. The summed E-state index contributed by atoms with van der Waals surface area (Å²) in [6, 6.07) is 3.90. The van der Waals surface area contributed by atoms with Gasteiger partial charge in [0.2, 0.25) is 0 Å². The fourth-order valence-electron chi connectivity index (χ4n) is 3.87. The highest BCUT2D eigenvalue weighted by Gasteiger charge is 2.56. The van der Waals surface area contributed by atoms with Crippen LogP contribution in [0.1, 0.15) is 43.1 Å². The highest BCUT2D eigenvalue weighted by molar-refractivity contribution is 7.90. The van der Waals surface area contributed by atoms with E-state index in [0.717, 1.165) is 12.1 Å². The number of aliphatic imine (C=N–C) groups is 2. The zero-order chi connectivity index (χ0) is 22.3. The summed E-state index contributed by atoms with van der Waals surface area (Å²) in [7, 11) is -3.60. The summed E-state index contributed by atoms with van der Waals surface area (Å²) >= 11 is 0. The molecule has 1 aromatic carbocycles. The molecule has 3 rings (SSSR count). The van der Waals surface area contributed by atoms with E-state index in [2.05, 4.69) is 9.98 Å². The number of halogens is 2. The summed E-state index contributed by atoms with van der Waals surface area (Å²) < 4.78 is 53.9. The monoisotopic (exact) mass is 433 g/mol. The maximum Gasteiger partial charge on any atom is 0.178 e. The Morgan fingerprint density at radius 2 is 1.97 bits per heavy atom. The number of dihydropyridines is 1. The molecule has 0 amide bonds. The average Bonchev–Trinajstić information content (AvgIpc) is 2.94. The summed E-state index contributed by atoms with van der Waals surface area (Å²) in [6.45, 7) is 5.00. The summed E-state index contributed by atoms with van der Waals surface area (Å²) in [5.74, 6) is -4.98. The molecule has 0 N–H and O–H groups in total. The van der Waals surface area contributed by atoms with E-state index >= 15 is 4.39 Å². The second-order valence-corrected chi connectivity index (χ2v) is 10.1. The quantitative estimate of drug-likeness (QED) is 0.642. The van der Waals surface area contributed by atoms with Crippen molar-refractivity contribution in [2.45, 2.75) is 38.6 Å². The average molecular weight is 433 g/mol. The van der Waals surface area contributed by atoms with Crippen LogP contribution >= 0.6 is 0 Å². The molecule has 0 bridgehead atoms. The molecule has 9 heteroatoms. The number of hydrogen-bond acceptors (Lipinski definition) is 6. The summed E-state index contributed by atoms with van der Waals surface area (Å²) in [5.41, 5.74) is -3.04. The number of rotatable bonds is 6. The lowest BCUT2D eigenvalue weighted by atomic mass is 9.67. The van der Waals surface area contributed by atoms with Gasteiger partial charge in [-0.15, -0.1) is 0 Å². The normalized spacial score (nSPS) is 27.5. The number of sulfone groups is 1. The van der Waals surface area contributed by atoms with E-state index in [-0.39, 0.29) is 16.9 Å². The van der Waals surface area contributed by atoms with Crippen LogP contribution in [0.3, 0.4) is 0 Å². The van der Waals surface area contributed by atoms with Gasteiger partial charge in [0.15, 0.2) is 21.3 Å². The third-order valence-electron chi connectivity index (χ3n) is 5.77. The Morgan fingerprint density at radius 3 is 2.60 bits per heavy atom. The smallest absolute Gasteiger partial charge is 0.178 e. The minimum atomic E-state index is -3.60. The van der Waals surface area contributed by atoms with Gasteiger partial charge in [0.1, 0.15) is 17.7 Å². The maximum absolute atomic E-state index is 15.1. The number of fused-ring (bicyclic) bond motifs is 1. The molecule has 3 unspecified atom stereocenters. The van der Waals surface area contributed by atoms with E-state index in [1.54, 1.807) is 26.8 Å². The predicted octanol–water partition coefficient (Wildman–Crippen LogP) is 3.43. The number of benzene rings is 1. The summed E-state index contributed by atoms with van der Waals surface area (Å²) in [4.78, 5) is 21.8. The van der Waals surface area contributed by atoms with Crippen molar-refractivity contribution in [3.05, 3.63) is 46.5 Å². The molecule has 6 nitrogen and oxygen atoms in total. The van der Waals surface area contributed by atoms with Crippen molar-refractivity contribution in [2.24, 2.45) is 21.3 Å². The van der Waals surface area contributed by atoms with Crippen LogP contribution in [0.25, 0.3) is 0 Å². The number of nitrogens with zero attached hydrogens (tertiary/aromatic N) is 3. The number of hydrogen-bond donors (Lipinski definition) is 0. The van der Waals surface area contributed by atoms with Gasteiger partial charge < -0.3 is 0 Å². The molecule has 2 aliphatic heterocycles. The van der Waals surface area contributed by atoms with E-state index < -0.39 is 55.6 Å². The minimum Gasteiger partial charge on any atom is -0.293 e. The molecule has 2 aliphatic rings. The van der Waals surface area contributed by atoms with Gasteiger partial charge in [0.05, 0.1) is 28.6 Å². The van der Waals surface area contributed by atoms with Gasteiger partial charge in [-0.05, 0) is 19.4 Å². The largest absolute Gasteiger partial charge is 0.293 e. The fraction of sp³-hybridized carbons (Fsp3) is 0.429. The molecule has 0 spiro atoms. The molecule has 0 radical (unpaired) electrons. The van der Waals surface area contributed by atoms with Gasteiger partial charge in [0, 0.05) is 23.4 Å². The van der Waals surface area contributed by atoms with Crippen LogP contribution in [-0.4, -0.2) is 38.0 Å². The van der Waals surface area contributed by atoms with Gasteiger partial charge in [-0.25, -0.2) is 17.2 Å². The molecule has 158 valence electrons. The number of carbonyl (C=O) groups is 1. The Bertz CT molecular complexity index is 1150. The van der Waals surface area contributed by atoms with Crippen molar-refractivity contribution >= 4 is 28.0 Å². The van der Waals surface area contributed by atoms with Crippen LogP contribution in [0.4, 0.5) is 8.78 Å². The van der Waals surface area contributed by atoms with E-state index in [0.29, 0.717) is 6.42 Å². The first-order valence-electron chi connectivity index (χ1n) is 9.43. The summed E-state index contributed by atoms with van der Waals surface area (Å²) in [6.07, 6.45) is 4.56. The molecular formula is C21H21F2N3O3S. The zero-order valence-corrected chi connectivity index (χ0v) is 17.6. The fourth-order valence-corrected chi connectivity index (χ4v) is 5.34. The third kappa shape index (κ3) is 3.49. The van der Waals surface area contributed by atoms with Crippen LogP contribution < -0.4 is 0 Å². The Hall–Kier alpha value is -2.73. The Kier molecular flexibility index (Phi) is 5.50. The van der Waals surface area contributed by atoms with Gasteiger partial charge in [-0.2, -0.15) is 5.26 Å². The van der Waals surface area contributed by atoms with Crippen LogP contribution in [0.2, 0.25) is 0 Å². The lowest BCUT2D eigenvalue weighted by molar-refractivity contribution is 0.0848. The first kappa shape index (κ1) is 22.0. The zero-order valence-electron chi connectivity index (χ0n) is 16.8. The van der Waals surface area contributed by atoms with Gasteiger partial charge >= 0.3 is 0 Å². The van der Waals surface area contributed by atoms with Gasteiger partial charge in [-0.1, -0.05) is 26.0 Å². The van der Waals surface area contributed by atoms with Crippen molar-refractivity contribution in [3.8, 4) is 6.07 Å². The second-order valence-electron chi connectivity index (χ2n) is 7.88. The molecule has 3 atom stereocenters. The first-order valence-corrected chi connectivity index (χ1v) is 11.2. The van der Waals surface area contributed by atoms with Crippen molar-refractivity contribution in [2.75, 3.05) is 5.75 Å². The number of carbonyl (C=O) groups excluding carboxylic acids is 1. The molecule has 2 heterocycles. The molecule has 30 heavy (non-hydrogen) atoms. The minimum absolute atomic E-state index is 0.140. The van der Waals surface area contributed by atoms with E-state index in [1.165, 1.54) is 12.4 Å². The molecule has 1 aromatic rings. The van der Waals surface area contributed by atoms with Crippen LogP contribution in [0.15, 0.2) is 33.8 Å². The topological polar surface area (TPSA) is 99.7 Å². The number of Topliss-reactive ketones (excluding diaryl/α,β-unsaturated/α-hetero) is 1. The lowest BCUT2D eigenvalue weighted by Gasteiger charge is -2.39.